The van der Waals surface area contributed by atoms with Crippen molar-refractivity contribution in [2.45, 2.75) is 50.6 Å². The molecule has 6 nitrogen and oxygen atoms in total. The molecule has 0 fully saturated rings. The van der Waals surface area contributed by atoms with Gasteiger partial charge in [0.25, 0.3) is 0 Å². The van der Waals surface area contributed by atoms with Crippen molar-refractivity contribution >= 4 is 17.7 Å². The second-order valence-corrected chi connectivity index (χ2v) is 6.78. The van der Waals surface area contributed by atoms with Crippen molar-refractivity contribution in [1.82, 2.24) is 25.5 Å². The summed E-state index contributed by atoms with van der Waals surface area (Å²) in [6.07, 6.45) is 5.35. The number of aromatic nitrogens is 4. The first kappa shape index (κ1) is 17.5. The zero-order chi connectivity index (χ0) is 16.7. The molecule has 0 spiro atoms. The molecular formula is C16H23N5OS. The quantitative estimate of drug-likeness (QED) is 0.726. The Morgan fingerprint density at radius 3 is 2.91 bits per heavy atom. The maximum atomic E-state index is 12.5. The van der Waals surface area contributed by atoms with Crippen molar-refractivity contribution in [3.63, 3.8) is 0 Å². The third-order valence-corrected chi connectivity index (χ3v) is 4.69. The van der Waals surface area contributed by atoms with Gasteiger partial charge in [-0.15, -0.1) is 5.10 Å². The van der Waals surface area contributed by atoms with Crippen LogP contribution in [0.1, 0.15) is 38.6 Å². The first-order chi connectivity index (χ1) is 11.1. The number of pyridine rings is 1. The Bertz CT molecular complexity index is 614. The molecule has 0 saturated heterocycles. The van der Waals surface area contributed by atoms with E-state index in [2.05, 4.69) is 32.4 Å². The smallest absolute Gasteiger partial charge is 0.234 e. The lowest BCUT2D eigenvalue weighted by Crippen LogP contribution is -2.35. The van der Waals surface area contributed by atoms with Gasteiger partial charge in [0.1, 0.15) is 5.82 Å². The predicted octanol–water partition coefficient (Wildman–Crippen LogP) is 2.59. The van der Waals surface area contributed by atoms with Gasteiger partial charge in [-0.25, -0.2) is 4.98 Å². The van der Waals surface area contributed by atoms with E-state index in [0.29, 0.717) is 11.7 Å². The molecule has 0 unspecified atom stereocenters. The molecule has 0 aliphatic rings. The number of thioether (sulfide) groups is 1. The van der Waals surface area contributed by atoms with Crippen molar-refractivity contribution in [2.75, 3.05) is 0 Å². The van der Waals surface area contributed by atoms with Crippen LogP contribution in [0.2, 0.25) is 0 Å². The molecule has 0 saturated carbocycles. The molecule has 0 aliphatic heterocycles. The minimum atomic E-state index is -0.225. The third-order valence-electron chi connectivity index (χ3n) is 3.28. The fraction of sp³-hybridized carbons (Fsp3) is 0.500. The van der Waals surface area contributed by atoms with Crippen LogP contribution in [0, 0.1) is 5.92 Å². The molecule has 1 atom stereocenters. The van der Waals surface area contributed by atoms with E-state index >= 15 is 0 Å². The van der Waals surface area contributed by atoms with Crippen LogP contribution >= 0.6 is 11.8 Å². The summed E-state index contributed by atoms with van der Waals surface area (Å²) in [6.45, 7) is 6.63. The number of hydrogen-bond donors (Lipinski definition) is 2. The number of aryl methyl sites for hydroxylation is 1. The van der Waals surface area contributed by atoms with E-state index in [0.717, 1.165) is 24.2 Å². The summed E-state index contributed by atoms with van der Waals surface area (Å²) in [4.78, 5) is 21.0. The van der Waals surface area contributed by atoms with Gasteiger partial charge >= 0.3 is 0 Å². The molecule has 2 rings (SSSR count). The van der Waals surface area contributed by atoms with Crippen LogP contribution in [0.25, 0.3) is 0 Å². The highest BCUT2D eigenvalue weighted by Gasteiger charge is 2.25. The van der Waals surface area contributed by atoms with Gasteiger partial charge in [-0.2, -0.15) is 0 Å². The lowest BCUT2D eigenvalue weighted by atomic mass is 10.1. The Labute approximate surface area is 140 Å². The number of aromatic amines is 1. The molecule has 1 amide bonds. The highest BCUT2D eigenvalue weighted by Crippen LogP contribution is 2.25. The van der Waals surface area contributed by atoms with Gasteiger partial charge in [-0.3, -0.25) is 14.9 Å². The maximum Gasteiger partial charge on any atom is 0.234 e. The highest BCUT2D eigenvalue weighted by atomic mass is 32.2. The van der Waals surface area contributed by atoms with E-state index in [1.807, 2.05) is 26.0 Å². The van der Waals surface area contributed by atoms with Crippen LogP contribution < -0.4 is 5.32 Å². The van der Waals surface area contributed by atoms with Crippen LogP contribution in [0.5, 0.6) is 0 Å². The van der Waals surface area contributed by atoms with Crippen LogP contribution in [-0.4, -0.2) is 31.3 Å². The fourth-order valence-corrected chi connectivity index (χ4v) is 3.03. The Kier molecular flexibility index (Phi) is 6.58. The molecule has 0 aromatic carbocycles. The molecule has 0 aliphatic carbocycles. The summed E-state index contributed by atoms with van der Waals surface area (Å²) in [5.41, 5.74) is 0.983. The average molecular weight is 333 g/mol. The van der Waals surface area contributed by atoms with Crippen molar-refractivity contribution in [3.05, 3.63) is 35.9 Å². The van der Waals surface area contributed by atoms with Crippen molar-refractivity contribution in [3.8, 4) is 0 Å². The monoisotopic (exact) mass is 333 g/mol. The molecule has 124 valence electrons. The molecule has 2 N–H and O–H groups in total. The van der Waals surface area contributed by atoms with Crippen LogP contribution in [0.4, 0.5) is 0 Å². The molecule has 7 heteroatoms. The molecular weight excluding hydrogens is 310 g/mol. The van der Waals surface area contributed by atoms with Crippen LogP contribution in [0.15, 0.2) is 29.7 Å². The van der Waals surface area contributed by atoms with E-state index in [1.54, 1.807) is 12.4 Å². The zero-order valence-corrected chi connectivity index (χ0v) is 14.6. The van der Waals surface area contributed by atoms with E-state index < -0.39 is 0 Å². The lowest BCUT2D eigenvalue weighted by molar-refractivity contribution is -0.121. The summed E-state index contributed by atoms with van der Waals surface area (Å²) < 4.78 is 0. The predicted molar refractivity (Wildman–Crippen MR) is 90.9 cm³/mol. The highest BCUT2D eigenvalue weighted by molar-refractivity contribution is 8.00. The zero-order valence-electron chi connectivity index (χ0n) is 13.7. The van der Waals surface area contributed by atoms with Gasteiger partial charge in [0, 0.05) is 25.4 Å². The molecule has 23 heavy (non-hydrogen) atoms. The maximum absolute atomic E-state index is 12.5. The van der Waals surface area contributed by atoms with Gasteiger partial charge in [-0.1, -0.05) is 38.6 Å². The Morgan fingerprint density at radius 1 is 1.43 bits per heavy atom. The minimum absolute atomic E-state index is 0.00399. The summed E-state index contributed by atoms with van der Waals surface area (Å²) in [6, 6.07) is 3.80. The molecule has 2 aromatic heterocycles. The molecule has 2 heterocycles. The van der Waals surface area contributed by atoms with Crippen molar-refractivity contribution < 1.29 is 4.79 Å². The number of nitrogens with zero attached hydrogens (tertiary/aromatic N) is 3. The molecule has 2 aromatic rings. The van der Waals surface area contributed by atoms with Gasteiger partial charge in [0.2, 0.25) is 11.1 Å². The Morgan fingerprint density at radius 2 is 2.26 bits per heavy atom. The van der Waals surface area contributed by atoms with Gasteiger partial charge in [-0.05, 0) is 24.0 Å². The number of amides is 1. The summed E-state index contributed by atoms with van der Waals surface area (Å²) >= 11 is 1.41. The third kappa shape index (κ3) is 5.35. The number of rotatable bonds is 8. The van der Waals surface area contributed by atoms with E-state index in [9.17, 15) is 4.79 Å². The largest absolute Gasteiger partial charge is 0.351 e. The standard InChI is InChI=1S/C16H23N5OS/c1-4-6-13-19-16(21-20-13)23-14(11(2)3)15(22)18-10-12-7-5-8-17-9-12/h5,7-9,11,14H,4,6,10H2,1-3H3,(H,18,22)(H,19,20,21)/t14-/m1/s1. The average Bonchev–Trinajstić information content (AvgIpc) is 2.99. The first-order valence-corrected chi connectivity index (χ1v) is 8.72. The summed E-state index contributed by atoms with van der Waals surface area (Å²) in [7, 11) is 0. The van der Waals surface area contributed by atoms with Gasteiger partial charge < -0.3 is 5.32 Å². The van der Waals surface area contributed by atoms with E-state index in [-0.39, 0.29) is 17.1 Å². The molecule has 0 bridgehead atoms. The van der Waals surface area contributed by atoms with Crippen molar-refractivity contribution in [2.24, 2.45) is 5.92 Å². The minimum Gasteiger partial charge on any atom is -0.351 e. The van der Waals surface area contributed by atoms with Crippen LogP contribution in [-0.2, 0) is 17.8 Å². The second kappa shape index (κ2) is 8.67. The number of carbonyl (C=O) groups is 1. The van der Waals surface area contributed by atoms with Gasteiger partial charge in [0.15, 0.2) is 0 Å². The number of H-pyrrole nitrogens is 1. The second-order valence-electron chi connectivity index (χ2n) is 5.68. The van der Waals surface area contributed by atoms with Crippen LogP contribution in [0.3, 0.4) is 0 Å². The normalized spacial score (nSPS) is 12.3. The number of nitrogens with one attached hydrogen (secondary N) is 2. The fourth-order valence-electron chi connectivity index (χ4n) is 2.08. The topological polar surface area (TPSA) is 83.6 Å². The van der Waals surface area contributed by atoms with E-state index in [4.69, 9.17) is 0 Å². The SMILES string of the molecule is CCCc1nc(S[C@@H](C(=O)NCc2cccnc2)C(C)C)n[nH]1. The molecule has 0 radical (unpaired) electrons. The van der Waals surface area contributed by atoms with Crippen molar-refractivity contribution in [1.29, 1.82) is 0 Å². The Balaban J connectivity index is 1.95. The summed E-state index contributed by atoms with van der Waals surface area (Å²) in [5.74, 6) is 1.05. The number of carbonyl (C=O) groups excluding carboxylic acids is 1. The first-order valence-electron chi connectivity index (χ1n) is 7.84. The lowest BCUT2D eigenvalue weighted by Gasteiger charge is -2.18. The van der Waals surface area contributed by atoms with Gasteiger partial charge in [0.05, 0.1) is 5.25 Å². The van der Waals surface area contributed by atoms with E-state index in [1.165, 1.54) is 11.8 Å². The number of hydrogen-bond acceptors (Lipinski definition) is 5. The summed E-state index contributed by atoms with van der Waals surface area (Å²) in [5, 5.41) is 10.5. The Hall–Kier alpha value is -1.89.